The number of hydrogen-bond donors (Lipinski definition) is 1. The van der Waals surface area contributed by atoms with Gasteiger partial charge in [-0.1, -0.05) is 18.5 Å². The van der Waals surface area contributed by atoms with E-state index in [9.17, 15) is 12.6 Å². The summed E-state index contributed by atoms with van der Waals surface area (Å²) in [6.07, 6.45) is 0. The van der Waals surface area contributed by atoms with Gasteiger partial charge >= 0.3 is 0 Å². The molecule has 19 heavy (non-hydrogen) atoms. The van der Waals surface area contributed by atoms with E-state index in [4.69, 9.17) is 16.9 Å². The van der Waals surface area contributed by atoms with Crippen molar-refractivity contribution in [2.24, 2.45) is 0 Å². The fourth-order valence-corrected chi connectivity index (χ4v) is 3.36. The minimum absolute atomic E-state index is 0.0150. The summed E-state index contributed by atoms with van der Waals surface area (Å²) < 4.78 is 37.3. The molecule has 0 saturated heterocycles. The molecule has 1 atom stereocenters. The molecule has 0 bridgehead atoms. The summed E-state index contributed by atoms with van der Waals surface area (Å²) in [4.78, 5) is -0.0150. The third kappa shape index (κ3) is 4.58. The van der Waals surface area contributed by atoms with E-state index in [1.165, 1.54) is 18.2 Å². The lowest BCUT2D eigenvalue weighted by Gasteiger charge is -2.07. The highest BCUT2D eigenvalue weighted by molar-refractivity contribution is 7.89. The fourth-order valence-electron chi connectivity index (χ4n) is 1.27. The van der Waals surface area contributed by atoms with E-state index >= 15 is 0 Å². The highest BCUT2D eigenvalue weighted by Crippen LogP contribution is 2.19. The number of nitrogens with zero attached hydrogens (tertiary/aromatic N) is 1. The molecular formula is C11H13ClN2O3S2. The quantitative estimate of drug-likeness (QED) is 0.854. The van der Waals surface area contributed by atoms with E-state index in [0.717, 1.165) is 0 Å². The lowest BCUT2D eigenvalue weighted by atomic mass is 10.2. The van der Waals surface area contributed by atoms with Gasteiger partial charge in [-0.2, -0.15) is 5.26 Å². The molecule has 0 fully saturated rings. The molecule has 0 aliphatic heterocycles. The van der Waals surface area contributed by atoms with Gasteiger partial charge in [-0.25, -0.2) is 13.1 Å². The van der Waals surface area contributed by atoms with E-state index in [1.54, 1.807) is 6.92 Å². The van der Waals surface area contributed by atoms with Crippen LogP contribution < -0.4 is 4.72 Å². The van der Waals surface area contributed by atoms with Crippen molar-refractivity contribution in [3.8, 4) is 6.07 Å². The molecule has 8 heteroatoms. The summed E-state index contributed by atoms with van der Waals surface area (Å²) >= 11 is 5.78. The maximum atomic E-state index is 11.9. The third-order valence-corrected chi connectivity index (χ3v) is 5.39. The Labute approximate surface area is 120 Å². The molecular weight excluding hydrogens is 308 g/mol. The van der Waals surface area contributed by atoms with Gasteiger partial charge in [0.1, 0.15) is 6.07 Å². The van der Waals surface area contributed by atoms with Crippen molar-refractivity contribution in [3.63, 3.8) is 0 Å². The second kappa shape index (κ2) is 7.01. The minimum Gasteiger partial charge on any atom is -0.260 e. The topological polar surface area (TPSA) is 87.0 Å². The molecule has 1 rings (SSSR count). The summed E-state index contributed by atoms with van der Waals surface area (Å²) in [7, 11) is -4.71. The molecule has 1 aromatic rings. The highest BCUT2D eigenvalue weighted by atomic mass is 35.5. The molecule has 1 aromatic carbocycles. The maximum Gasteiger partial charge on any atom is 0.240 e. The number of benzene rings is 1. The molecule has 0 unspecified atom stereocenters. The van der Waals surface area contributed by atoms with Crippen LogP contribution in [0.3, 0.4) is 0 Å². The van der Waals surface area contributed by atoms with E-state index < -0.39 is 20.8 Å². The molecule has 5 nitrogen and oxygen atoms in total. The monoisotopic (exact) mass is 320 g/mol. The largest absolute Gasteiger partial charge is 0.260 e. The Hall–Kier alpha value is -0.940. The van der Waals surface area contributed by atoms with Crippen LogP contribution in [0.15, 0.2) is 23.1 Å². The lowest BCUT2D eigenvalue weighted by Crippen LogP contribution is -2.28. The second-order valence-electron chi connectivity index (χ2n) is 3.58. The summed E-state index contributed by atoms with van der Waals surface area (Å²) in [6.45, 7) is 1.87. The lowest BCUT2D eigenvalue weighted by molar-refractivity contribution is 0.584. The smallest absolute Gasteiger partial charge is 0.240 e. The van der Waals surface area contributed by atoms with Crippen LogP contribution in [0, 0.1) is 11.3 Å². The molecule has 0 aromatic heterocycles. The van der Waals surface area contributed by atoms with Gasteiger partial charge in [-0.3, -0.25) is 4.21 Å². The number of rotatable bonds is 6. The van der Waals surface area contributed by atoms with Gasteiger partial charge in [0.15, 0.2) is 0 Å². The summed E-state index contributed by atoms with van der Waals surface area (Å²) in [5.74, 6) is 0.754. The Morgan fingerprint density at radius 2 is 2.16 bits per heavy atom. The average molecular weight is 321 g/mol. The molecule has 0 amide bonds. The van der Waals surface area contributed by atoms with Gasteiger partial charge in [-0.05, 0) is 18.2 Å². The number of hydrogen-bond acceptors (Lipinski definition) is 4. The van der Waals surface area contributed by atoms with Crippen LogP contribution in [-0.2, 0) is 20.8 Å². The number of nitrogens with one attached hydrogen (secondary N) is 1. The maximum absolute atomic E-state index is 11.9. The zero-order valence-electron chi connectivity index (χ0n) is 10.2. The highest BCUT2D eigenvalue weighted by Gasteiger charge is 2.15. The normalized spacial score (nSPS) is 12.9. The van der Waals surface area contributed by atoms with Gasteiger partial charge in [0.05, 0.1) is 15.5 Å². The predicted molar refractivity (Wildman–Crippen MR) is 74.9 cm³/mol. The fraction of sp³-hybridized carbons (Fsp3) is 0.364. The standard InChI is InChI=1S/C11H13ClN2O3S2/c1-2-18(15)6-5-14-19(16,17)10-4-3-9(8-13)11(12)7-10/h3-4,7,14H,2,5-6H2,1H3/t18-/m1/s1. The molecule has 0 radical (unpaired) electrons. The molecule has 104 valence electrons. The average Bonchev–Trinajstić information content (AvgIpc) is 2.38. The van der Waals surface area contributed by atoms with Crippen molar-refractivity contribution in [1.82, 2.24) is 4.72 Å². The first-order chi connectivity index (χ1) is 8.90. The van der Waals surface area contributed by atoms with Crippen LogP contribution in [0.25, 0.3) is 0 Å². The van der Waals surface area contributed by atoms with Crippen molar-refractivity contribution in [3.05, 3.63) is 28.8 Å². The van der Waals surface area contributed by atoms with Crippen molar-refractivity contribution in [2.45, 2.75) is 11.8 Å². The van der Waals surface area contributed by atoms with Crippen LogP contribution >= 0.6 is 11.6 Å². The van der Waals surface area contributed by atoms with Crippen LogP contribution in [0.4, 0.5) is 0 Å². The molecule has 0 heterocycles. The second-order valence-corrected chi connectivity index (χ2v) is 7.62. The minimum atomic E-state index is -3.69. The Bertz CT molecular complexity index is 623. The van der Waals surface area contributed by atoms with Gasteiger partial charge in [0, 0.05) is 28.9 Å². The summed E-state index contributed by atoms with van der Waals surface area (Å²) in [5, 5.41) is 8.79. The van der Waals surface area contributed by atoms with Gasteiger partial charge in [0.2, 0.25) is 10.0 Å². The van der Waals surface area contributed by atoms with Crippen molar-refractivity contribution in [1.29, 1.82) is 5.26 Å². The number of sulfonamides is 1. The Balaban J connectivity index is 2.81. The van der Waals surface area contributed by atoms with Gasteiger partial charge in [0.25, 0.3) is 0 Å². The van der Waals surface area contributed by atoms with E-state index in [2.05, 4.69) is 4.72 Å². The summed E-state index contributed by atoms with van der Waals surface area (Å²) in [5.41, 5.74) is 0.215. The predicted octanol–water partition coefficient (Wildman–Crippen LogP) is 1.26. The molecule has 0 aliphatic rings. The Kier molecular flexibility index (Phi) is 5.94. The zero-order valence-corrected chi connectivity index (χ0v) is 12.6. The van der Waals surface area contributed by atoms with Crippen LogP contribution in [0.5, 0.6) is 0 Å². The van der Waals surface area contributed by atoms with Crippen LogP contribution in [-0.4, -0.2) is 30.7 Å². The van der Waals surface area contributed by atoms with Crippen molar-refractivity contribution >= 4 is 32.4 Å². The number of halogens is 1. The zero-order chi connectivity index (χ0) is 14.5. The molecule has 0 saturated carbocycles. The van der Waals surface area contributed by atoms with Crippen LogP contribution in [0.1, 0.15) is 12.5 Å². The first kappa shape index (κ1) is 16.1. The van der Waals surface area contributed by atoms with Crippen molar-refractivity contribution < 1.29 is 12.6 Å². The van der Waals surface area contributed by atoms with Crippen molar-refractivity contribution in [2.75, 3.05) is 18.1 Å². The Morgan fingerprint density at radius 1 is 1.47 bits per heavy atom. The van der Waals surface area contributed by atoms with E-state index in [0.29, 0.717) is 5.75 Å². The SMILES string of the molecule is CC[S@@](=O)CCNS(=O)(=O)c1ccc(C#N)c(Cl)c1. The van der Waals surface area contributed by atoms with Gasteiger partial charge < -0.3 is 0 Å². The van der Waals surface area contributed by atoms with E-state index in [1.807, 2.05) is 6.07 Å². The molecule has 0 aliphatic carbocycles. The van der Waals surface area contributed by atoms with Crippen LogP contribution in [0.2, 0.25) is 5.02 Å². The molecule has 1 N–H and O–H groups in total. The Morgan fingerprint density at radius 3 is 2.68 bits per heavy atom. The van der Waals surface area contributed by atoms with Gasteiger partial charge in [-0.15, -0.1) is 0 Å². The van der Waals surface area contributed by atoms with E-state index in [-0.39, 0.29) is 27.8 Å². The first-order valence-electron chi connectivity index (χ1n) is 5.45. The number of nitriles is 1. The third-order valence-electron chi connectivity index (χ3n) is 2.32. The summed E-state index contributed by atoms with van der Waals surface area (Å²) in [6, 6.07) is 5.73. The molecule has 0 spiro atoms. The first-order valence-corrected chi connectivity index (χ1v) is 8.80.